The molecule has 1 saturated heterocycles. The quantitative estimate of drug-likeness (QED) is 0.838. The molecule has 0 aliphatic carbocycles. The summed E-state index contributed by atoms with van der Waals surface area (Å²) in [6.07, 6.45) is 3.03. The highest BCUT2D eigenvalue weighted by Gasteiger charge is 2.31. The zero-order valence-corrected chi connectivity index (χ0v) is 11.7. The molecule has 112 valence electrons. The Balaban J connectivity index is 2.04. The highest BCUT2D eigenvalue weighted by molar-refractivity contribution is 5.94. The van der Waals surface area contributed by atoms with E-state index in [1.807, 2.05) is 12.1 Å². The zero-order chi connectivity index (χ0) is 15.2. The average Bonchev–Trinajstić information content (AvgIpc) is 2.53. The molecule has 0 bridgehead atoms. The van der Waals surface area contributed by atoms with Crippen LogP contribution in [0, 0.1) is 0 Å². The molecule has 6 heteroatoms. The fourth-order valence-corrected chi connectivity index (χ4v) is 2.05. The van der Waals surface area contributed by atoms with Crippen LogP contribution in [0.5, 0.6) is 5.75 Å². The van der Waals surface area contributed by atoms with E-state index in [2.05, 4.69) is 0 Å². The van der Waals surface area contributed by atoms with E-state index in [9.17, 15) is 9.59 Å². The Morgan fingerprint density at radius 1 is 1.38 bits per heavy atom. The Morgan fingerprint density at radius 3 is 2.71 bits per heavy atom. The molecule has 1 aromatic carbocycles. The molecule has 1 heterocycles. The van der Waals surface area contributed by atoms with Crippen molar-refractivity contribution in [3.63, 3.8) is 0 Å². The van der Waals surface area contributed by atoms with Crippen molar-refractivity contribution >= 4 is 18.0 Å². The fourth-order valence-electron chi connectivity index (χ4n) is 2.05. The number of carbonyl (C=O) groups excluding carboxylic acids is 1. The number of rotatable bonds is 4. The van der Waals surface area contributed by atoms with Gasteiger partial charge in [-0.1, -0.05) is 12.1 Å². The molecule has 1 atom stereocenters. The molecule has 0 saturated carbocycles. The number of nitrogens with zero attached hydrogens (tertiary/aromatic N) is 1. The van der Waals surface area contributed by atoms with E-state index in [0.29, 0.717) is 6.61 Å². The number of carboxylic acids is 1. The summed E-state index contributed by atoms with van der Waals surface area (Å²) in [6, 6.07) is 6.29. The van der Waals surface area contributed by atoms with Crippen molar-refractivity contribution in [3.8, 4) is 5.75 Å². The third-order valence-electron chi connectivity index (χ3n) is 3.23. The van der Waals surface area contributed by atoms with Crippen molar-refractivity contribution in [1.82, 2.24) is 4.90 Å². The van der Waals surface area contributed by atoms with E-state index in [1.165, 1.54) is 11.0 Å². The van der Waals surface area contributed by atoms with Crippen molar-refractivity contribution in [2.45, 2.75) is 6.04 Å². The second kappa shape index (κ2) is 6.90. The van der Waals surface area contributed by atoms with Crippen molar-refractivity contribution in [2.24, 2.45) is 0 Å². The molecule has 0 radical (unpaired) electrons. The van der Waals surface area contributed by atoms with E-state index < -0.39 is 12.0 Å². The van der Waals surface area contributed by atoms with Crippen LogP contribution in [0.25, 0.3) is 6.08 Å². The number of carboxylic acid groups (broad SMARTS) is 1. The van der Waals surface area contributed by atoms with E-state index in [1.54, 1.807) is 25.3 Å². The summed E-state index contributed by atoms with van der Waals surface area (Å²) < 4.78 is 10.2. The summed E-state index contributed by atoms with van der Waals surface area (Å²) in [5.41, 5.74) is 0.837. The first-order chi connectivity index (χ1) is 10.1. The molecule has 0 aromatic heterocycles. The molecule has 1 aliphatic rings. The number of morpholine rings is 1. The number of ether oxygens (including phenoxy) is 2. The van der Waals surface area contributed by atoms with Crippen molar-refractivity contribution in [1.29, 1.82) is 0 Å². The second-order valence-electron chi connectivity index (χ2n) is 4.57. The first kappa shape index (κ1) is 15.1. The van der Waals surface area contributed by atoms with Gasteiger partial charge in [-0.15, -0.1) is 0 Å². The number of benzene rings is 1. The SMILES string of the molecule is COc1ccc(C=CC(=O)N2CCOCC2C(=O)O)cc1. The highest BCUT2D eigenvalue weighted by Crippen LogP contribution is 2.13. The topological polar surface area (TPSA) is 76.1 Å². The molecular formula is C15H17NO5. The Labute approximate surface area is 122 Å². The standard InChI is InChI=1S/C15H17NO5/c1-20-12-5-2-11(3-6-12)4-7-14(17)16-8-9-21-10-13(16)15(18)19/h2-7,13H,8-10H2,1H3,(H,18,19). The van der Waals surface area contributed by atoms with Crippen LogP contribution in [0.15, 0.2) is 30.3 Å². The molecular weight excluding hydrogens is 274 g/mol. The first-order valence-electron chi connectivity index (χ1n) is 6.55. The number of aliphatic carboxylic acids is 1. The summed E-state index contributed by atoms with van der Waals surface area (Å²) >= 11 is 0. The van der Waals surface area contributed by atoms with Crippen LogP contribution in [0.2, 0.25) is 0 Å². The van der Waals surface area contributed by atoms with Crippen LogP contribution in [-0.2, 0) is 14.3 Å². The van der Waals surface area contributed by atoms with Gasteiger partial charge in [0, 0.05) is 12.6 Å². The zero-order valence-electron chi connectivity index (χ0n) is 11.7. The third-order valence-corrected chi connectivity index (χ3v) is 3.23. The molecule has 1 aromatic rings. The predicted octanol–water partition coefficient (Wildman–Crippen LogP) is 1.02. The molecule has 6 nitrogen and oxygen atoms in total. The van der Waals surface area contributed by atoms with Gasteiger partial charge in [-0.2, -0.15) is 0 Å². The minimum atomic E-state index is -1.05. The van der Waals surface area contributed by atoms with Crippen LogP contribution in [0.1, 0.15) is 5.56 Å². The van der Waals surface area contributed by atoms with Gasteiger partial charge in [-0.25, -0.2) is 4.79 Å². The first-order valence-corrected chi connectivity index (χ1v) is 6.55. The van der Waals surface area contributed by atoms with Gasteiger partial charge in [0.1, 0.15) is 5.75 Å². The fraction of sp³-hybridized carbons (Fsp3) is 0.333. The predicted molar refractivity (Wildman–Crippen MR) is 76.0 cm³/mol. The molecule has 0 spiro atoms. The van der Waals surface area contributed by atoms with Gasteiger partial charge < -0.3 is 19.5 Å². The van der Waals surface area contributed by atoms with Gasteiger partial charge in [-0.3, -0.25) is 4.79 Å². The molecule has 1 unspecified atom stereocenters. The molecule has 1 fully saturated rings. The molecule has 2 rings (SSSR count). The van der Waals surface area contributed by atoms with E-state index in [-0.39, 0.29) is 19.1 Å². The van der Waals surface area contributed by atoms with Gasteiger partial charge in [0.2, 0.25) is 5.91 Å². The summed E-state index contributed by atoms with van der Waals surface area (Å²) in [6.45, 7) is 0.659. The van der Waals surface area contributed by atoms with Crippen LogP contribution < -0.4 is 4.74 Å². The smallest absolute Gasteiger partial charge is 0.328 e. The molecule has 1 N–H and O–H groups in total. The maximum absolute atomic E-state index is 12.1. The maximum Gasteiger partial charge on any atom is 0.328 e. The average molecular weight is 291 g/mol. The van der Waals surface area contributed by atoms with E-state index in [0.717, 1.165) is 11.3 Å². The highest BCUT2D eigenvalue weighted by atomic mass is 16.5. The summed E-state index contributed by atoms with van der Waals surface area (Å²) in [4.78, 5) is 24.5. The molecule has 1 aliphatic heterocycles. The minimum absolute atomic E-state index is 0.0252. The minimum Gasteiger partial charge on any atom is -0.497 e. The monoisotopic (exact) mass is 291 g/mol. The maximum atomic E-state index is 12.1. The van der Waals surface area contributed by atoms with Crippen molar-refractivity contribution < 1.29 is 24.2 Å². The van der Waals surface area contributed by atoms with Crippen molar-refractivity contribution in [3.05, 3.63) is 35.9 Å². The van der Waals surface area contributed by atoms with Crippen molar-refractivity contribution in [2.75, 3.05) is 26.9 Å². The van der Waals surface area contributed by atoms with E-state index >= 15 is 0 Å². The normalized spacial score (nSPS) is 18.7. The summed E-state index contributed by atoms with van der Waals surface area (Å²) in [5, 5.41) is 9.09. The van der Waals surface area contributed by atoms with E-state index in [4.69, 9.17) is 14.6 Å². The van der Waals surface area contributed by atoms with Gasteiger partial charge in [0.05, 0.1) is 20.3 Å². The lowest BCUT2D eigenvalue weighted by molar-refractivity contribution is -0.156. The number of carbonyl (C=O) groups is 2. The Bertz CT molecular complexity index is 537. The second-order valence-corrected chi connectivity index (χ2v) is 4.57. The molecule has 1 amide bonds. The number of hydrogen-bond donors (Lipinski definition) is 1. The summed E-state index contributed by atoms with van der Waals surface area (Å²) in [5.74, 6) is -0.653. The Morgan fingerprint density at radius 2 is 2.10 bits per heavy atom. The van der Waals surface area contributed by atoms with Gasteiger partial charge in [-0.05, 0) is 23.8 Å². The molecule has 21 heavy (non-hydrogen) atoms. The van der Waals surface area contributed by atoms with Crippen LogP contribution >= 0.6 is 0 Å². The van der Waals surface area contributed by atoms with Gasteiger partial charge >= 0.3 is 5.97 Å². The van der Waals surface area contributed by atoms with Gasteiger partial charge in [0.15, 0.2) is 6.04 Å². The lowest BCUT2D eigenvalue weighted by Crippen LogP contribution is -2.52. The lowest BCUT2D eigenvalue weighted by atomic mass is 10.2. The Hall–Kier alpha value is -2.34. The van der Waals surface area contributed by atoms with Crippen LogP contribution in [-0.4, -0.2) is 54.8 Å². The van der Waals surface area contributed by atoms with Crippen LogP contribution in [0.4, 0.5) is 0 Å². The van der Waals surface area contributed by atoms with Gasteiger partial charge in [0.25, 0.3) is 0 Å². The lowest BCUT2D eigenvalue weighted by Gasteiger charge is -2.31. The van der Waals surface area contributed by atoms with Crippen LogP contribution in [0.3, 0.4) is 0 Å². The number of amides is 1. The third kappa shape index (κ3) is 3.82. The Kier molecular flexibility index (Phi) is 4.94. The largest absolute Gasteiger partial charge is 0.497 e. The number of methoxy groups -OCH3 is 1. The number of hydrogen-bond acceptors (Lipinski definition) is 4. The summed E-state index contributed by atoms with van der Waals surface area (Å²) in [7, 11) is 1.58.